The molecule has 112 valence electrons. The van der Waals surface area contributed by atoms with E-state index in [4.69, 9.17) is 0 Å². The summed E-state index contributed by atoms with van der Waals surface area (Å²) in [7, 11) is 0. The van der Waals surface area contributed by atoms with Gasteiger partial charge in [0.1, 0.15) is 5.82 Å². The Hall–Kier alpha value is -1.62. The molecule has 21 heavy (non-hydrogen) atoms. The number of nitrogens with one attached hydrogen (secondary N) is 1. The van der Waals surface area contributed by atoms with Gasteiger partial charge in [0, 0.05) is 40.2 Å². The smallest absolute Gasteiger partial charge is 0.223 e. The van der Waals surface area contributed by atoms with Crippen molar-refractivity contribution in [3.63, 3.8) is 0 Å². The highest BCUT2D eigenvalue weighted by molar-refractivity contribution is 7.12. The fourth-order valence-electron chi connectivity index (χ4n) is 2.99. The fraction of sp³-hybridized carbons (Fsp3) is 0.500. The van der Waals surface area contributed by atoms with Gasteiger partial charge in [-0.2, -0.15) is 0 Å². The van der Waals surface area contributed by atoms with E-state index >= 15 is 0 Å². The molecule has 1 N–H and O–H groups in total. The Kier molecular flexibility index (Phi) is 3.61. The van der Waals surface area contributed by atoms with Crippen molar-refractivity contribution in [1.82, 2.24) is 14.9 Å². The first-order chi connectivity index (χ1) is 9.95. The molecule has 3 heterocycles. The number of amides is 1. The molecule has 1 atom stereocenters. The zero-order valence-electron chi connectivity index (χ0n) is 12.9. The first kappa shape index (κ1) is 14.3. The second-order valence-corrected chi connectivity index (χ2v) is 7.51. The predicted molar refractivity (Wildman–Crippen MR) is 85.6 cm³/mol. The minimum Gasteiger partial charge on any atom is -0.342 e. The van der Waals surface area contributed by atoms with Crippen LogP contribution < -0.4 is 0 Å². The molecule has 1 unspecified atom stereocenters. The van der Waals surface area contributed by atoms with Crippen molar-refractivity contribution in [1.29, 1.82) is 0 Å². The lowest BCUT2D eigenvalue weighted by Gasteiger charge is -2.20. The lowest BCUT2D eigenvalue weighted by atomic mass is 10.1. The highest BCUT2D eigenvalue weighted by Crippen LogP contribution is 2.32. The molecule has 4 nitrogen and oxygen atoms in total. The molecule has 1 saturated heterocycles. The maximum absolute atomic E-state index is 12.0. The number of hydrogen-bond donors (Lipinski definition) is 1. The topological polar surface area (TPSA) is 49.0 Å². The molecule has 1 fully saturated rings. The zero-order valence-corrected chi connectivity index (χ0v) is 13.8. The molecular weight excluding hydrogens is 282 g/mol. The van der Waals surface area contributed by atoms with Crippen LogP contribution in [0.2, 0.25) is 0 Å². The van der Waals surface area contributed by atoms with Gasteiger partial charge in [-0.1, -0.05) is 0 Å². The Morgan fingerprint density at radius 2 is 2.19 bits per heavy atom. The van der Waals surface area contributed by atoms with Gasteiger partial charge in [-0.3, -0.25) is 4.79 Å². The minimum atomic E-state index is 0.189. The van der Waals surface area contributed by atoms with E-state index in [9.17, 15) is 4.79 Å². The summed E-state index contributed by atoms with van der Waals surface area (Å²) in [5.74, 6) is 1.36. The van der Waals surface area contributed by atoms with Crippen molar-refractivity contribution in [2.75, 3.05) is 6.54 Å². The van der Waals surface area contributed by atoms with Crippen molar-refractivity contribution in [2.45, 2.75) is 46.1 Å². The van der Waals surface area contributed by atoms with Crippen molar-refractivity contribution in [2.24, 2.45) is 0 Å². The molecule has 1 amide bonds. The van der Waals surface area contributed by atoms with Crippen LogP contribution in [0.25, 0.3) is 11.3 Å². The summed E-state index contributed by atoms with van der Waals surface area (Å²) in [5.41, 5.74) is 2.28. The number of aryl methyl sites for hydroxylation is 2. The predicted octanol–water partition coefficient (Wildman–Crippen LogP) is 3.48. The molecule has 0 spiro atoms. The zero-order chi connectivity index (χ0) is 15.1. The standard InChI is InChI=1S/C16H21N3OS/c1-9(2)19-8-12(6-15(19)20)16-17-7-14(18-16)13-5-10(3)21-11(13)4/h5,7,9,12H,6,8H2,1-4H3,(H,17,18). The molecule has 1 aliphatic rings. The minimum absolute atomic E-state index is 0.189. The van der Waals surface area contributed by atoms with Crippen LogP contribution in [-0.4, -0.2) is 33.4 Å². The van der Waals surface area contributed by atoms with Gasteiger partial charge in [0.2, 0.25) is 5.91 Å². The number of rotatable bonds is 3. The highest BCUT2D eigenvalue weighted by Gasteiger charge is 2.33. The molecule has 0 aromatic carbocycles. The third kappa shape index (κ3) is 2.62. The Morgan fingerprint density at radius 3 is 2.76 bits per heavy atom. The van der Waals surface area contributed by atoms with Gasteiger partial charge in [0.25, 0.3) is 0 Å². The third-order valence-corrected chi connectivity index (χ3v) is 5.06. The summed E-state index contributed by atoms with van der Waals surface area (Å²) in [6.45, 7) is 9.14. The molecule has 0 aliphatic carbocycles. The van der Waals surface area contributed by atoms with Crippen LogP contribution in [0.3, 0.4) is 0 Å². The average Bonchev–Trinajstić information content (AvgIpc) is 3.07. The highest BCUT2D eigenvalue weighted by atomic mass is 32.1. The normalized spacial score (nSPS) is 19.0. The summed E-state index contributed by atoms with van der Waals surface area (Å²) in [5, 5.41) is 0. The second kappa shape index (κ2) is 5.30. The van der Waals surface area contributed by atoms with Crippen molar-refractivity contribution in [3.05, 3.63) is 27.8 Å². The lowest BCUT2D eigenvalue weighted by Crippen LogP contribution is -2.31. The van der Waals surface area contributed by atoms with Crippen molar-refractivity contribution >= 4 is 17.2 Å². The lowest BCUT2D eigenvalue weighted by molar-refractivity contribution is -0.129. The van der Waals surface area contributed by atoms with Crippen LogP contribution in [0.5, 0.6) is 0 Å². The Labute approximate surface area is 129 Å². The monoisotopic (exact) mass is 303 g/mol. The van der Waals surface area contributed by atoms with Gasteiger partial charge in [-0.05, 0) is 33.8 Å². The largest absolute Gasteiger partial charge is 0.342 e. The van der Waals surface area contributed by atoms with E-state index < -0.39 is 0 Å². The Bertz CT molecular complexity index is 671. The van der Waals surface area contributed by atoms with Gasteiger partial charge in [0.15, 0.2) is 0 Å². The summed E-state index contributed by atoms with van der Waals surface area (Å²) in [6, 6.07) is 2.45. The van der Waals surface area contributed by atoms with Crippen LogP contribution in [0.4, 0.5) is 0 Å². The number of imidazole rings is 1. The number of H-pyrrole nitrogens is 1. The van der Waals surface area contributed by atoms with Crippen LogP contribution in [0.1, 0.15) is 41.8 Å². The molecule has 2 aromatic heterocycles. The van der Waals surface area contributed by atoms with Crippen molar-refractivity contribution < 1.29 is 4.79 Å². The number of carbonyl (C=O) groups is 1. The van der Waals surface area contributed by atoms with E-state index in [0.717, 1.165) is 18.1 Å². The van der Waals surface area contributed by atoms with Gasteiger partial charge >= 0.3 is 0 Å². The van der Waals surface area contributed by atoms with E-state index in [0.29, 0.717) is 6.42 Å². The summed E-state index contributed by atoms with van der Waals surface area (Å²) in [4.78, 5) is 24.5. The van der Waals surface area contributed by atoms with E-state index in [1.54, 1.807) is 11.3 Å². The van der Waals surface area contributed by atoms with Crippen LogP contribution >= 0.6 is 11.3 Å². The number of nitrogens with zero attached hydrogens (tertiary/aromatic N) is 2. The van der Waals surface area contributed by atoms with Gasteiger partial charge in [-0.15, -0.1) is 11.3 Å². The first-order valence-electron chi connectivity index (χ1n) is 7.37. The second-order valence-electron chi connectivity index (χ2n) is 6.05. The van der Waals surface area contributed by atoms with E-state index in [1.807, 2.05) is 11.1 Å². The SMILES string of the molecule is Cc1cc(-c2cnc(C3CC(=O)N(C(C)C)C3)[nH]2)c(C)s1. The van der Waals surface area contributed by atoms with Crippen LogP contribution in [0.15, 0.2) is 12.3 Å². The molecule has 1 aliphatic heterocycles. The molecule has 0 saturated carbocycles. The van der Waals surface area contributed by atoms with E-state index in [2.05, 4.69) is 43.7 Å². The number of aromatic amines is 1. The number of carbonyl (C=O) groups excluding carboxylic acids is 1. The quantitative estimate of drug-likeness (QED) is 0.943. The van der Waals surface area contributed by atoms with E-state index in [-0.39, 0.29) is 17.9 Å². The summed E-state index contributed by atoms with van der Waals surface area (Å²) < 4.78 is 0. The Balaban J connectivity index is 1.83. The summed E-state index contributed by atoms with van der Waals surface area (Å²) in [6.07, 6.45) is 2.46. The molecule has 2 aromatic rings. The summed E-state index contributed by atoms with van der Waals surface area (Å²) >= 11 is 1.80. The average molecular weight is 303 g/mol. The van der Waals surface area contributed by atoms with Crippen LogP contribution in [-0.2, 0) is 4.79 Å². The first-order valence-corrected chi connectivity index (χ1v) is 8.19. The molecule has 0 radical (unpaired) electrons. The number of likely N-dealkylation sites (tertiary alicyclic amines) is 1. The van der Waals surface area contributed by atoms with Gasteiger partial charge in [0.05, 0.1) is 11.9 Å². The van der Waals surface area contributed by atoms with Crippen molar-refractivity contribution in [3.8, 4) is 11.3 Å². The maximum atomic E-state index is 12.0. The maximum Gasteiger partial charge on any atom is 0.223 e. The molecule has 5 heteroatoms. The third-order valence-electron chi connectivity index (χ3n) is 4.10. The van der Waals surface area contributed by atoms with Gasteiger partial charge in [-0.25, -0.2) is 4.98 Å². The number of thiophene rings is 1. The van der Waals surface area contributed by atoms with Gasteiger partial charge < -0.3 is 9.88 Å². The van der Waals surface area contributed by atoms with E-state index in [1.165, 1.54) is 15.3 Å². The molecule has 0 bridgehead atoms. The van der Waals surface area contributed by atoms with Crippen LogP contribution in [0, 0.1) is 13.8 Å². The molecular formula is C16H21N3OS. The Morgan fingerprint density at radius 1 is 1.43 bits per heavy atom. The number of aromatic nitrogens is 2. The molecule has 3 rings (SSSR count). The fourth-order valence-corrected chi connectivity index (χ4v) is 3.93. The number of hydrogen-bond acceptors (Lipinski definition) is 3.